The number of methoxy groups -OCH3 is 3. The molecule has 9 rings (SSSR count). The van der Waals surface area contributed by atoms with E-state index in [-0.39, 0.29) is 12.1 Å². The van der Waals surface area contributed by atoms with Crippen molar-refractivity contribution < 1.29 is 32.7 Å². The number of nitrogens with zero attached hydrogens (tertiary/aromatic N) is 2. The Kier molecular flexibility index (Phi) is 7.88. The van der Waals surface area contributed by atoms with Crippen molar-refractivity contribution in [2.45, 2.75) is 44.7 Å². The van der Waals surface area contributed by atoms with Gasteiger partial charge in [0, 0.05) is 42.4 Å². The zero-order valence-corrected chi connectivity index (χ0v) is 29.1. The fourth-order valence-corrected chi connectivity index (χ4v) is 8.02. The lowest BCUT2D eigenvalue weighted by Gasteiger charge is -2.43. The molecule has 7 heteroatoms. The Morgan fingerprint density at radius 2 is 1.26 bits per heavy atom. The second-order valence-corrected chi connectivity index (χ2v) is 14.6. The quantitative estimate of drug-likeness (QED) is 0.215. The summed E-state index contributed by atoms with van der Waals surface area (Å²) in [7, 11) is 14.5. The molecule has 0 aromatic heterocycles. The lowest BCUT2D eigenvalue weighted by molar-refractivity contribution is -0.923. The zero-order chi connectivity index (χ0) is 33.1. The molecule has 0 fully saturated rings. The van der Waals surface area contributed by atoms with Gasteiger partial charge in [-0.05, 0) is 65.6 Å². The van der Waals surface area contributed by atoms with Crippen LogP contribution in [-0.2, 0) is 25.7 Å². The SMILES string of the molecule is COc1cc2c3cc1Oc1cc4c(c(OC)c1OC)CC[N+](C)(C)C4Cc1ccc(c(C)c1)Oc1ccc(cc1)CC3[N+](C)(C)CC2. The first-order valence-electron chi connectivity index (χ1n) is 16.7. The molecule has 0 saturated heterocycles. The highest BCUT2D eigenvalue weighted by Crippen LogP contribution is 2.51. The summed E-state index contributed by atoms with van der Waals surface area (Å²) in [6.45, 7) is 4.17. The van der Waals surface area contributed by atoms with Gasteiger partial charge in [-0.15, -0.1) is 0 Å². The molecule has 0 saturated carbocycles. The van der Waals surface area contributed by atoms with Gasteiger partial charge >= 0.3 is 0 Å². The minimum absolute atomic E-state index is 0.179. The van der Waals surface area contributed by atoms with E-state index >= 15 is 0 Å². The molecule has 0 spiro atoms. The average Bonchev–Trinajstić information content (AvgIpc) is 3.04. The molecule has 7 nitrogen and oxygen atoms in total. The fraction of sp³-hybridized carbons (Fsp3) is 0.400. The minimum atomic E-state index is 0.179. The summed E-state index contributed by atoms with van der Waals surface area (Å²) in [5.74, 6) is 5.15. The van der Waals surface area contributed by atoms with Crippen LogP contribution in [0.1, 0.15) is 51.0 Å². The summed E-state index contributed by atoms with van der Waals surface area (Å²) in [6.07, 6.45) is 3.62. The van der Waals surface area contributed by atoms with Crippen LogP contribution in [0.5, 0.6) is 40.2 Å². The smallest absolute Gasteiger partial charge is 0.204 e. The van der Waals surface area contributed by atoms with Crippen LogP contribution in [0.25, 0.3) is 0 Å². The number of fused-ring (bicyclic) bond motifs is 2. The molecular formula is C40H48N2O5+2. The molecule has 2 unspecified atom stereocenters. The van der Waals surface area contributed by atoms with Crippen molar-refractivity contribution in [2.75, 3.05) is 62.6 Å². The Balaban J connectivity index is 1.45. The van der Waals surface area contributed by atoms with E-state index in [1.807, 2.05) is 0 Å². The lowest BCUT2D eigenvalue weighted by Crippen LogP contribution is -2.48. The molecule has 4 aromatic rings. The van der Waals surface area contributed by atoms with Crippen LogP contribution in [0.3, 0.4) is 0 Å². The van der Waals surface area contributed by atoms with Crippen molar-refractivity contribution in [3.8, 4) is 40.2 Å². The van der Waals surface area contributed by atoms with Crippen molar-refractivity contribution in [3.63, 3.8) is 0 Å². The van der Waals surface area contributed by atoms with Gasteiger partial charge in [0.05, 0.1) is 62.6 Å². The third kappa shape index (κ3) is 5.59. The number of quaternary nitrogens is 2. The average molecular weight is 637 g/mol. The molecule has 8 bridgehead atoms. The van der Waals surface area contributed by atoms with Gasteiger partial charge in [-0.3, -0.25) is 0 Å². The summed E-state index contributed by atoms with van der Waals surface area (Å²) >= 11 is 0. The highest BCUT2D eigenvalue weighted by Gasteiger charge is 2.40. The van der Waals surface area contributed by atoms with E-state index in [1.165, 1.54) is 33.4 Å². The van der Waals surface area contributed by atoms with Crippen molar-refractivity contribution in [1.29, 1.82) is 0 Å². The first-order valence-corrected chi connectivity index (χ1v) is 16.7. The van der Waals surface area contributed by atoms with Crippen molar-refractivity contribution >= 4 is 0 Å². The monoisotopic (exact) mass is 636 g/mol. The van der Waals surface area contributed by atoms with Crippen molar-refractivity contribution in [2.24, 2.45) is 0 Å². The summed E-state index contributed by atoms with van der Waals surface area (Å²) in [4.78, 5) is 0. The normalized spacial score (nSPS) is 20.5. The van der Waals surface area contributed by atoms with Gasteiger partial charge in [-0.1, -0.05) is 24.3 Å². The van der Waals surface area contributed by atoms with Gasteiger partial charge < -0.3 is 32.7 Å². The molecule has 47 heavy (non-hydrogen) atoms. The highest BCUT2D eigenvalue weighted by atomic mass is 16.5. The number of hydrogen-bond acceptors (Lipinski definition) is 5. The van der Waals surface area contributed by atoms with E-state index in [1.54, 1.807) is 21.3 Å². The van der Waals surface area contributed by atoms with Crippen LogP contribution in [0.2, 0.25) is 0 Å². The van der Waals surface area contributed by atoms with E-state index in [0.29, 0.717) is 17.2 Å². The Labute approximate surface area is 279 Å². The van der Waals surface area contributed by atoms with E-state index in [2.05, 4.69) is 95.8 Å². The molecule has 2 atom stereocenters. The van der Waals surface area contributed by atoms with E-state index in [9.17, 15) is 0 Å². The van der Waals surface area contributed by atoms with Crippen LogP contribution in [-0.4, -0.2) is 71.6 Å². The molecule has 0 radical (unpaired) electrons. The summed E-state index contributed by atoms with van der Waals surface area (Å²) < 4.78 is 33.2. The maximum Gasteiger partial charge on any atom is 0.204 e. The summed E-state index contributed by atoms with van der Waals surface area (Å²) in [5, 5.41) is 0. The number of rotatable bonds is 3. The van der Waals surface area contributed by atoms with Gasteiger partial charge in [0.15, 0.2) is 23.0 Å². The second-order valence-electron chi connectivity index (χ2n) is 14.6. The molecule has 4 aromatic carbocycles. The second kappa shape index (κ2) is 11.8. The van der Waals surface area contributed by atoms with Crippen molar-refractivity contribution in [3.05, 3.63) is 99.6 Å². The molecule has 5 heterocycles. The van der Waals surface area contributed by atoms with Crippen LogP contribution in [0.4, 0.5) is 0 Å². The molecule has 5 aliphatic rings. The molecule has 0 N–H and O–H groups in total. The molecule has 5 aliphatic heterocycles. The van der Waals surface area contributed by atoms with Gasteiger partial charge in [0.1, 0.15) is 23.6 Å². The van der Waals surface area contributed by atoms with Crippen LogP contribution in [0, 0.1) is 6.92 Å². The number of benzene rings is 4. The van der Waals surface area contributed by atoms with E-state index < -0.39 is 0 Å². The first-order chi connectivity index (χ1) is 22.5. The standard InChI is InChI=1S/C40H48N2O5/c1-25-19-27-11-14-35(25)46-29-12-9-26(10-13-29)20-33-31-23-37(36(43-6)22-28(31)15-17-41(33,2)3)47-38-24-32-30(39(44-7)40(38)45-8)16-18-42(4,5)34(32)21-27/h9-14,19,22-24,33-34H,15-18,20-21H2,1-8H3/q+2. The van der Waals surface area contributed by atoms with Crippen molar-refractivity contribution in [1.82, 2.24) is 0 Å². The number of likely N-dealkylation sites (N-methyl/N-ethyl adjacent to an activating group) is 2. The minimum Gasteiger partial charge on any atom is -0.493 e. The Bertz CT molecular complexity index is 1830. The fourth-order valence-electron chi connectivity index (χ4n) is 8.02. The van der Waals surface area contributed by atoms with Gasteiger partial charge in [0.2, 0.25) is 5.75 Å². The molecule has 0 aliphatic carbocycles. The number of hydrogen-bond donors (Lipinski definition) is 0. The zero-order valence-electron chi connectivity index (χ0n) is 29.1. The maximum absolute atomic E-state index is 6.91. The van der Waals surface area contributed by atoms with Crippen LogP contribution >= 0.6 is 0 Å². The molecule has 0 amide bonds. The molecular weight excluding hydrogens is 588 g/mol. The third-order valence-electron chi connectivity index (χ3n) is 10.9. The summed E-state index contributed by atoms with van der Waals surface area (Å²) in [5.41, 5.74) is 8.69. The topological polar surface area (TPSA) is 46.2 Å². The lowest BCUT2D eigenvalue weighted by atomic mass is 9.85. The van der Waals surface area contributed by atoms with Gasteiger partial charge in [0.25, 0.3) is 0 Å². The van der Waals surface area contributed by atoms with Gasteiger partial charge in [-0.2, -0.15) is 0 Å². The number of ether oxygens (including phenoxy) is 5. The Morgan fingerprint density at radius 1 is 0.617 bits per heavy atom. The Hall–Kier alpha value is -4.20. The predicted molar refractivity (Wildman–Crippen MR) is 185 cm³/mol. The Morgan fingerprint density at radius 3 is 1.94 bits per heavy atom. The maximum atomic E-state index is 6.91. The van der Waals surface area contributed by atoms with Crippen LogP contribution in [0.15, 0.2) is 60.7 Å². The predicted octanol–water partition coefficient (Wildman–Crippen LogP) is 7.75. The van der Waals surface area contributed by atoms with Crippen LogP contribution < -0.4 is 23.7 Å². The van der Waals surface area contributed by atoms with E-state index in [0.717, 1.165) is 76.3 Å². The third-order valence-corrected chi connectivity index (χ3v) is 10.9. The van der Waals surface area contributed by atoms with Gasteiger partial charge in [-0.25, -0.2) is 0 Å². The number of aryl methyl sites for hydroxylation is 1. The largest absolute Gasteiger partial charge is 0.493 e. The summed E-state index contributed by atoms with van der Waals surface area (Å²) in [6, 6.07) is 22.2. The van der Waals surface area contributed by atoms with E-state index in [4.69, 9.17) is 23.7 Å². The first kappa shape index (κ1) is 31.4. The highest BCUT2D eigenvalue weighted by molar-refractivity contribution is 5.62. The molecule has 246 valence electrons.